The zero-order chi connectivity index (χ0) is 38.8. The number of phenolic OH excluding ortho intramolecular Hbond substituents is 8. The molecule has 0 fully saturated rings. The first-order valence-corrected chi connectivity index (χ1v) is 17.5. The number of H-pyrrole nitrogens is 2. The Kier molecular flexibility index (Phi) is 7.83. The second kappa shape index (κ2) is 12.9. The van der Waals surface area contributed by atoms with Gasteiger partial charge in [0.25, 0.3) is 0 Å². The third kappa shape index (κ3) is 6.10. The molecule has 12 heteroatoms. The number of fused-ring (bicyclic) bond motifs is 6. The lowest BCUT2D eigenvalue weighted by Gasteiger charge is -2.21. The molecule has 56 heavy (non-hydrogen) atoms. The number of rotatable bonds is 4. The van der Waals surface area contributed by atoms with E-state index in [1.165, 1.54) is 60.7 Å². The Morgan fingerprint density at radius 3 is 1.46 bits per heavy atom. The molecule has 276 valence electrons. The number of benzene rings is 4. The van der Waals surface area contributed by atoms with E-state index in [1.807, 2.05) is 36.4 Å². The van der Waals surface area contributed by atoms with Crippen molar-refractivity contribution in [1.29, 1.82) is 0 Å². The van der Waals surface area contributed by atoms with E-state index in [2.05, 4.69) is 9.97 Å². The molecule has 12 nitrogen and oxygen atoms in total. The Bertz CT molecular complexity index is 2850. The number of hydrogen-bond acceptors (Lipinski definition) is 10. The average Bonchev–Trinajstić information content (AvgIpc) is 3.94. The molecule has 0 saturated heterocycles. The summed E-state index contributed by atoms with van der Waals surface area (Å²) in [5.41, 5.74) is 6.05. The first kappa shape index (κ1) is 33.9. The molecule has 0 spiro atoms. The number of aromatic hydroxyl groups is 8. The third-order valence-electron chi connectivity index (χ3n) is 9.88. The number of hydrogen-bond donors (Lipinski definition) is 10. The van der Waals surface area contributed by atoms with Crippen molar-refractivity contribution >= 4 is 28.1 Å². The fourth-order valence-electron chi connectivity index (χ4n) is 7.74. The van der Waals surface area contributed by atoms with Gasteiger partial charge in [0.15, 0.2) is 0 Å². The standard InChI is InChI=1S/C44H32N4O8/c49-25-9-21(10-26(50)17-25)41-33-1-2-34(45-33)42(22-11-27(51)18-28(52)12-22)36-5-6-38(47-36)44(24-15-31(55)20-32(56)16-24)40-8-7-39(48-40)43(37-4-3-35(41)46-37)23-13-29(53)19-30(54)14-23/h1-20,33,41,46-47,49-56H/b42-36-,43-39-,44-38-. The molecule has 10 N–H and O–H groups in total. The van der Waals surface area contributed by atoms with Crippen LogP contribution in [0.2, 0.25) is 0 Å². The third-order valence-corrected chi connectivity index (χ3v) is 9.88. The summed E-state index contributed by atoms with van der Waals surface area (Å²) >= 11 is 0. The smallest absolute Gasteiger partial charge is 0.119 e. The van der Waals surface area contributed by atoms with Gasteiger partial charge in [-0.15, -0.1) is 0 Å². The molecule has 0 radical (unpaired) electrons. The summed E-state index contributed by atoms with van der Waals surface area (Å²) in [6, 6.07) is 23.8. The van der Waals surface area contributed by atoms with E-state index >= 15 is 0 Å². The minimum absolute atomic E-state index is 0.144. The van der Waals surface area contributed by atoms with Gasteiger partial charge in [-0.05, 0) is 113 Å². The van der Waals surface area contributed by atoms with E-state index in [4.69, 9.17) is 9.98 Å². The summed E-state index contributed by atoms with van der Waals surface area (Å²) in [6.45, 7) is 0. The van der Waals surface area contributed by atoms with Gasteiger partial charge >= 0.3 is 0 Å². The summed E-state index contributed by atoms with van der Waals surface area (Å²) in [7, 11) is 0. The highest BCUT2D eigenvalue weighted by Gasteiger charge is 2.31. The van der Waals surface area contributed by atoms with Gasteiger partial charge in [-0.1, -0.05) is 6.08 Å². The Morgan fingerprint density at radius 1 is 0.446 bits per heavy atom. The average molecular weight is 745 g/mol. The number of aromatic nitrogens is 2. The van der Waals surface area contributed by atoms with Gasteiger partial charge in [-0.2, -0.15) is 0 Å². The monoisotopic (exact) mass is 744 g/mol. The highest BCUT2D eigenvalue weighted by Crippen LogP contribution is 2.40. The van der Waals surface area contributed by atoms with Gasteiger partial charge in [0.1, 0.15) is 46.0 Å². The van der Waals surface area contributed by atoms with Crippen LogP contribution in [0.15, 0.2) is 137 Å². The number of nitrogens with one attached hydrogen (secondary N) is 2. The quantitative estimate of drug-likeness (QED) is 0.113. The molecule has 6 aromatic rings. The van der Waals surface area contributed by atoms with Crippen molar-refractivity contribution in [2.24, 2.45) is 9.98 Å². The van der Waals surface area contributed by atoms with Crippen molar-refractivity contribution in [1.82, 2.24) is 9.97 Å². The van der Waals surface area contributed by atoms with Crippen molar-refractivity contribution in [3.8, 4) is 46.0 Å². The van der Waals surface area contributed by atoms with E-state index < -0.39 is 12.0 Å². The molecular formula is C44H32N4O8. The van der Waals surface area contributed by atoms with E-state index in [0.717, 1.165) is 0 Å². The van der Waals surface area contributed by atoms with Crippen LogP contribution in [-0.4, -0.2) is 68.3 Å². The van der Waals surface area contributed by atoms with Crippen molar-refractivity contribution in [3.05, 3.63) is 171 Å². The maximum atomic E-state index is 10.6. The van der Waals surface area contributed by atoms with Crippen LogP contribution in [0.5, 0.6) is 46.0 Å². The van der Waals surface area contributed by atoms with Crippen molar-refractivity contribution < 1.29 is 40.9 Å². The summed E-state index contributed by atoms with van der Waals surface area (Å²) in [4.78, 5) is 17.2. The topological polar surface area (TPSA) is 218 Å². The zero-order valence-corrected chi connectivity index (χ0v) is 29.2. The predicted octanol–water partition coefficient (Wildman–Crippen LogP) is 5.38. The van der Waals surface area contributed by atoms with Gasteiger partial charge in [0.2, 0.25) is 0 Å². The molecule has 2 aromatic heterocycles. The molecule has 3 aliphatic heterocycles. The molecule has 5 heterocycles. The number of phenols is 8. The minimum atomic E-state index is -0.602. The highest BCUT2D eigenvalue weighted by atomic mass is 16.3. The summed E-state index contributed by atoms with van der Waals surface area (Å²) in [5, 5.41) is 85.9. The van der Waals surface area contributed by atoms with Crippen LogP contribution < -0.4 is 10.7 Å². The van der Waals surface area contributed by atoms with Gasteiger partial charge in [-0.25, -0.2) is 4.99 Å². The lowest BCUT2D eigenvalue weighted by molar-refractivity contribution is 0.447. The lowest BCUT2D eigenvalue weighted by Crippen LogP contribution is -2.21. The molecule has 2 unspecified atom stereocenters. The van der Waals surface area contributed by atoms with Crippen LogP contribution in [0.25, 0.3) is 16.7 Å². The lowest BCUT2D eigenvalue weighted by atomic mass is 9.88. The van der Waals surface area contributed by atoms with Crippen molar-refractivity contribution in [2.75, 3.05) is 0 Å². The molecular weight excluding hydrogens is 713 g/mol. The molecule has 8 bridgehead atoms. The first-order chi connectivity index (χ1) is 26.9. The minimum Gasteiger partial charge on any atom is -0.508 e. The molecule has 0 saturated carbocycles. The molecule has 0 aliphatic carbocycles. The predicted molar refractivity (Wildman–Crippen MR) is 210 cm³/mol. The summed E-state index contributed by atoms with van der Waals surface area (Å²) in [5.74, 6) is -1.90. The van der Waals surface area contributed by atoms with E-state index in [-0.39, 0.29) is 46.0 Å². The van der Waals surface area contributed by atoms with Crippen LogP contribution in [0.1, 0.15) is 39.6 Å². The number of aliphatic imine (C=N–C) groups is 2. The van der Waals surface area contributed by atoms with Crippen molar-refractivity contribution in [3.63, 3.8) is 0 Å². The molecule has 2 atom stereocenters. The fraction of sp³-hybridized carbons (Fsp3) is 0.0455. The number of allylic oxidation sites excluding steroid dienone is 3. The van der Waals surface area contributed by atoms with Gasteiger partial charge < -0.3 is 50.8 Å². The normalized spacial score (nSPS) is 20.6. The Hall–Kier alpha value is -7.86. The first-order valence-electron chi connectivity index (χ1n) is 17.5. The zero-order valence-electron chi connectivity index (χ0n) is 29.2. The van der Waals surface area contributed by atoms with Crippen LogP contribution in [0.4, 0.5) is 0 Å². The number of nitrogens with zero attached hydrogens (tertiary/aromatic N) is 2. The van der Waals surface area contributed by atoms with Crippen LogP contribution in [0, 0.1) is 0 Å². The largest absolute Gasteiger partial charge is 0.508 e. The Balaban J connectivity index is 1.41. The van der Waals surface area contributed by atoms with E-state index in [0.29, 0.717) is 78.2 Å². The second-order valence-corrected chi connectivity index (χ2v) is 13.8. The van der Waals surface area contributed by atoms with Crippen LogP contribution >= 0.6 is 0 Å². The van der Waals surface area contributed by atoms with Crippen LogP contribution in [0.3, 0.4) is 0 Å². The van der Waals surface area contributed by atoms with Gasteiger partial charge in [0.05, 0.1) is 29.1 Å². The highest BCUT2D eigenvalue weighted by molar-refractivity contribution is 6.31. The molecule has 0 amide bonds. The molecule has 3 aliphatic rings. The second-order valence-electron chi connectivity index (χ2n) is 13.8. The molecule has 9 rings (SSSR count). The van der Waals surface area contributed by atoms with E-state index in [9.17, 15) is 40.9 Å². The van der Waals surface area contributed by atoms with Crippen molar-refractivity contribution in [2.45, 2.75) is 12.0 Å². The number of aromatic amines is 2. The Labute approximate surface area is 317 Å². The summed E-state index contributed by atoms with van der Waals surface area (Å²) in [6.07, 6.45) is 7.28. The van der Waals surface area contributed by atoms with Gasteiger partial charge in [-0.3, -0.25) is 4.99 Å². The van der Waals surface area contributed by atoms with E-state index in [1.54, 1.807) is 24.3 Å². The molecule has 4 aromatic carbocycles. The van der Waals surface area contributed by atoms with Gasteiger partial charge in [0, 0.05) is 63.1 Å². The summed E-state index contributed by atoms with van der Waals surface area (Å²) < 4.78 is 0. The maximum Gasteiger partial charge on any atom is 0.119 e. The Morgan fingerprint density at radius 2 is 0.929 bits per heavy atom. The SMILES string of the molecule is Oc1cc(O)cc(/C2=C3\C=CC(=N3)/C(c3cc(O)cc(O)c3)=c3/cc/c([nH]3)=C(\c3cc(O)cc(O)c3)C3=NC(C=C3)C(c3cc(O)cc(O)c3)c3ccc2[nH]3)c1. The van der Waals surface area contributed by atoms with Crippen LogP contribution in [-0.2, 0) is 0 Å². The fourth-order valence-corrected chi connectivity index (χ4v) is 7.74. The maximum absolute atomic E-state index is 10.6.